The molecular formula is C21H19ClN2O2. The van der Waals surface area contributed by atoms with Crippen LogP contribution in [0.5, 0.6) is 0 Å². The van der Waals surface area contributed by atoms with Crippen LogP contribution in [0.4, 0.5) is 5.69 Å². The Labute approximate surface area is 156 Å². The first-order valence-electron chi connectivity index (χ1n) is 8.73. The molecule has 5 heteroatoms. The lowest BCUT2D eigenvalue weighted by Gasteiger charge is -2.16. The summed E-state index contributed by atoms with van der Waals surface area (Å²) in [5, 5.41) is 0.848. The normalized spacial score (nSPS) is 14.4. The zero-order valence-electron chi connectivity index (χ0n) is 14.3. The molecule has 2 N–H and O–H groups in total. The fraction of sp³-hybridized carbons (Fsp3) is 0.238. The third-order valence-electron chi connectivity index (χ3n) is 4.79. The molecule has 0 radical (unpaired) electrons. The maximum Gasteiger partial charge on any atom is 0.344 e. The van der Waals surface area contributed by atoms with Crippen molar-refractivity contribution >= 4 is 34.1 Å². The molecule has 1 aliphatic rings. The highest BCUT2D eigenvalue weighted by Gasteiger charge is 2.13. The Hall–Kier alpha value is -2.59. The van der Waals surface area contributed by atoms with Crippen molar-refractivity contribution in [3.05, 3.63) is 64.0 Å². The summed E-state index contributed by atoms with van der Waals surface area (Å²) < 4.78 is 5.55. The van der Waals surface area contributed by atoms with Crippen LogP contribution in [0.1, 0.15) is 24.0 Å². The Kier molecular flexibility index (Phi) is 4.51. The van der Waals surface area contributed by atoms with Gasteiger partial charge in [-0.2, -0.15) is 0 Å². The summed E-state index contributed by atoms with van der Waals surface area (Å²) in [6.45, 7) is 0. The number of rotatable bonds is 3. The molecule has 0 saturated heterocycles. The summed E-state index contributed by atoms with van der Waals surface area (Å²) in [5.74, 6) is 0.471. The molecule has 2 aromatic carbocycles. The lowest BCUT2D eigenvalue weighted by molar-refractivity contribution is 0.563. The number of aliphatic imine (C=N–C) groups is 1. The summed E-state index contributed by atoms with van der Waals surface area (Å²) in [5.41, 5.74) is 10.6. The zero-order valence-corrected chi connectivity index (χ0v) is 15.1. The monoisotopic (exact) mass is 366 g/mol. The summed E-state index contributed by atoms with van der Waals surface area (Å²) >= 11 is 5.66. The molecule has 0 spiro atoms. The van der Waals surface area contributed by atoms with Crippen LogP contribution in [-0.2, 0) is 12.8 Å². The molecule has 1 aromatic heterocycles. The number of fused-ring (bicyclic) bond motifs is 2. The van der Waals surface area contributed by atoms with Gasteiger partial charge in [-0.25, -0.2) is 9.79 Å². The Morgan fingerprint density at radius 1 is 1.08 bits per heavy atom. The van der Waals surface area contributed by atoms with Gasteiger partial charge in [-0.05, 0) is 60.6 Å². The predicted octanol–water partition coefficient (Wildman–Crippen LogP) is 4.57. The van der Waals surface area contributed by atoms with E-state index >= 15 is 0 Å². The molecule has 26 heavy (non-hydrogen) atoms. The molecular weight excluding hydrogens is 348 g/mol. The first-order chi connectivity index (χ1) is 12.6. The summed E-state index contributed by atoms with van der Waals surface area (Å²) in [4.78, 5) is 16.7. The summed E-state index contributed by atoms with van der Waals surface area (Å²) in [7, 11) is 0. The van der Waals surface area contributed by atoms with Crippen LogP contribution < -0.4 is 11.4 Å². The number of amidine groups is 1. The molecule has 4 rings (SSSR count). The Balaban J connectivity index is 1.78. The topological polar surface area (TPSA) is 68.6 Å². The third kappa shape index (κ3) is 3.25. The van der Waals surface area contributed by atoms with E-state index in [1.54, 1.807) is 6.07 Å². The van der Waals surface area contributed by atoms with Crippen molar-refractivity contribution < 1.29 is 4.42 Å². The lowest BCUT2D eigenvalue weighted by Crippen LogP contribution is -2.12. The second-order valence-corrected chi connectivity index (χ2v) is 6.86. The average Bonchev–Trinajstić information content (AvgIpc) is 2.67. The van der Waals surface area contributed by atoms with Gasteiger partial charge >= 0.3 is 5.63 Å². The van der Waals surface area contributed by atoms with Gasteiger partial charge in [0.05, 0.1) is 17.1 Å². The van der Waals surface area contributed by atoms with Crippen LogP contribution in [0.15, 0.2) is 56.7 Å². The Bertz CT molecular complexity index is 1070. The van der Waals surface area contributed by atoms with Crippen LogP contribution in [-0.4, -0.2) is 11.7 Å². The molecule has 0 aliphatic heterocycles. The highest BCUT2D eigenvalue weighted by molar-refractivity contribution is 6.28. The van der Waals surface area contributed by atoms with Crippen LogP contribution in [0.3, 0.4) is 0 Å². The van der Waals surface area contributed by atoms with E-state index in [0.717, 1.165) is 23.8 Å². The minimum Gasteiger partial charge on any atom is -0.422 e. The zero-order chi connectivity index (χ0) is 18.1. The van der Waals surface area contributed by atoms with E-state index in [0.29, 0.717) is 22.7 Å². The molecule has 1 heterocycles. The lowest BCUT2D eigenvalue weighted by atomic mass is 9.89. The Morgan fingerprint density at radius 3 is 2.69 bits per heavy atom. The van der Waals surface area contributed by atoms with Crippen molar-refractivity contribution in [3.63, 3.8) is 0 Å². The number of benzene rings is 2. The molecule has 0 amide bonds. The number of alkyl halides is 1. The van der Waals surface area contributed by atoms with E-state index < -0.39 is 0 Å². The molecule has 0 unspecified atom stereocenters. The molecule has 0 atom stereocenters. The highest BCUT2D eigenvalue weighted by atomic mass is 35.5. The van der Waals surface area contributed by atoms with Gasteiger partial charge in [0.15, 0.2) is 0 Å². The SMILES string of the molecule is NC(CCl)=Nc1ccc2cc(-c3ccc4c(c3)CCCC4)c(=O)oc2c1. The minimum atomic E-state index is -0.347. The average molecular weight is 367 g/mol. The van der Waals surface area contributed by atoms with Crippen LogP contribution >= 0.6 is 11.6 Å². The standard InChI is InChI=1S/C21H19ClN2O2/c22-12-20(23)24-17-8-7-16-10-18(21(25)26-19(16)11-17)15-6-5-13-3-1-2-4-14(13)9-15/h5-11H,1-4,12H2,(H2,23,24). The number of hydrogen-bond donors (Lipinski definition) is 1. The summed E-state index contributed by atoms with van der Waals surface area (Å²) in [6, 6.07) is 13.6. The third-order valence-corrected chi connectivity index (χ3v) is 5.06. The van der Waals surface area contributed by atoms with Crippen molar-refractivity contribution in [1.29, 1.82) is 0 Å². The molecule has 0 fully saturated rings. The molecule has 0 bridgehead atoms. The minimum absolute atomic E-state index is 0.152. The fourth-order valence-corrected chi connectivity index (χ4v) is 3.53. The van der Waals surface area contributed by atoms with Gasteiger partial charge in [-0.15, -0.1) is 11.6 Å². The van der Waals surface area contributed by atoms with E-state index in [9.17, 15) is 4.79 Å². The molecule has 132 valence electrons. The van der Waals surface area contributed by atoms with Gasteiger partial charge in [-0.3, -0.25) is 0 Å². The van der Waals surface area contributed by atoms with Gasteiger partial charge in [0.1, 0.15) is 11.4 Å². The maximum absolute atomic E-state index is 12.5. The number of nitrogens with zero attached hydrogens (tertiary/aromatic N) is 1. The van der Waals surface area contributed by atoms with Gasteiger partial charge in [0.2, 0.25) is 0 Å². The van der Waals surface area contributed by atoms with E-state index in [-0.39, 0.29) is 11.5 Å². The fourth-order valence-electron chi connectivity index (χ4n) is 3.47. The van der Waals surface area contributed by atoms with Crippen LogP contribution in [0, 0.1) is 0 Å². The molecule has 0 saturated carbocycles. The number of nitrogens with two attached hydrogens (primary N) is 1. The van der Waals surface area contributed by atoms with Crippen molar-refractivity contribution in [1.82, 2.24) is 0 Å². The highest BCUT2D eigenvalue weighted by Crippen LogP contribution is 2.28. The molecule has 4 nitrogen and oxygen atoms in total. The largest absolute Gasteiger partial charge is 0.422 e. The second-order valence-electron chi connectivity index (χ2n) is 6.60. The Morgan fingerprint density at radius 2 is 1.88 bits per heavy atom. The quantitative estimate of drug-likeness (QED) is 0.319. The van der Waals surface area contributed by atoms with Gasteiger partial charge in [0, 0.05) is 11.5 Å². The van der Waals surface area contributed by atoms with E-state index in [2.05, 4.69) is 17.1 Å². The summed E-state index contributed by atoms with van der Waals surface area (Å²) in [6.07, 6.45) is 4.64. The van der Waals surface area contributed by atoms with Gasteiger partial charge in [0.25, 0.3) is 0 Å². The number of aryl methyl sites for hydroxylation is 2. The maximum atomic E-state index is 12.5. The van der Waals surface area contributed by atoms with Crippen molar-refractivity contribution in [2.24, 2.45) is 10.7 Å². The molecule has 3 aromatic rings. The van der Waals surface area contributed by atoms with Crippen molar-refractivity contribution in [2.75, 3.05) is 5.88 Å². The number of hydrogen-bond acceptors (Lipinski definition) is 3. The van der Waals surface area contributed by atoms with Crippen LogP contribution in [0.2, 0.25) is 0 Å². The first kappa shape index (κ1) is 16.9. The van der Waals surface area contributed by atoms with E-state index in [4.69, 9.17) is 21.8 Å². The van der Waals surface area contributed by atoms with Crippen LogP contribution in [0.25, 0.3) is 22.1 Å². The first-order valence-corrected chi connectivity index (χ1v) is 9.26. The second kappa shape index (κ2) is 6.96. The van der Waals surface area contributed by atoms with Gasteiger partial charge < -0.3 is 10.2 Å². The molecule has 1 aliphatic carbocycles. The van der Waals surface area contributed by atoms with E-state index in [1.165, 1.54) is 24.0 Å². The van der Waals surface area contributed by atoms with Crippen molar-refractivity contribution in [2.45, 2.75) is 25.7 Å². The number of halogens is 1. The van der Waals surface area contributed by atoms with Crippen molar-refractivity contribution in [3.8, 4) is 11.1 Å². The smallest absolute Gasteiger partial charge is 0.344 e. The predicted molar refractivity (Wildman–Crippen MR) is 107 cm³/mol. The van der Waals surface area contributed by atoms with Gasteiger partial charge in [-0.1, -0.05) is 18.2 Å². The van der Waals surface area contributed by atoms with E-state index in [1.807, 2.05) is 24.3 Å².